The van der Waals surface area contributed by atoms with Crippen molar-refractivity contribution in [2.24, 2.45) is 5.41 Å². The van der Waals surface area contributed by atoms with E-state index in [2.05, 4.69) is 9.88 Å². The molecule has 1 atom stereocenters. The number of aromatic nitrogens is 1. The molecule has 4 nitrogen and oxygen atoms in total. The summed E-state index contributed by atoms with van der Waals surface area (Å²) in [6.07, 6.45) is 3.28. The van der Waals surface area contributed by atoms with Gasteiger partial charge in [-0.25, -0.2) is 8.42 Å². The molecule has 2 aliphatic heterocycles. The Morgan fingerprint density at radius 3 is 2.43 bits per heavy atom. The van der Waals surface area contributed by atoms with Gasteiger partial charge in [-0.2, -0.15) is 13.2 Å². The molecule has 1 spiro atoms. The van der Waals surface area contributed by atoms with Gasteiger partial charge in [0.1, 0.15) is 0 Å². The summed E-state index contributed by atoms with van der Waals surface area (Å²) < 4.78 is 62.1. The zero-order valence-electron chi connectivity index (χ0n) is 15.9. The van der Waals surface area contributed by atoms with Crippen LogP contribution < -0.4 is 0 Å². The number of rotatable bonds is 2. The SMILES string of the molecule is O=S1(=O)CC[C@]2(CCCN([C@H]3CC[C@@H](c4ccc(C(F)(F)F)cn4)CC3)C2)C1. The summed E-state index contributed by atoms with van der Waals surface area (Å²) in [5, 5.41) is 0. The van der Waals surface area contributed by atoms with Crippen molar-refractivity contribution in [3.63, 3.8) is 0 Å². The van der Waals surface area contributed by atoms with Gasteiger partial charge in [0.2, 0.25) is 0 Å². The van der Waals surface area contributed by atoms with Crippen LogP contribution in [0.3, 0.4) is 0 Å². The summed E-state index contributed by atoms with van der Waals surface area (Å²) in [6, 6.07) is 3.10. The number of alkyl halides is 3. The van der Waals surface area contributed by atoms with Crippen molar-refractivity contribution in [2.45, 2.75) is 63.1 Å². The van der Waals surface area contributed by atoms with Crippen molar-refractivity contribution >= 4 is 9.84 Å². The third-order valence-corrected chi connectivity index (χ3v) is 8.78. The first kappa shape index (κ1) is 20.1. The maximum atomic E-state index is 12.7. The van der Waals surface area contributed by atoms with Gasteiger partial charge in [-0.1, -0.05) is 0 Å². The van der Waals surface area contributed by atoms with E-state index in [1.807, 2.05) is 0 Å². The van der Waals surface area contributed by atoms with Gasteiger partial charge in [0.15, 0.2) is 9.84 Å². The molecule has 0 unspecified atom stereocenters. The fourth-order valence-corrected chi connectivity index (χ4v) is 7.62. The number of hydrogen-bond donors (Lipinski definition) is 0. The molecule has 3 aliphatic rings. The van der Waals surface area contributed by atoms with E-state index in [4.69, 9.17) is 0 Å². The van der Waals surface area contributed by atoms with Gasteiger partial charge in [0.25, 0.3) is 0 Å². The number of hydrogen-bond acceptors (Lipinski definition) is 4. The Kier molecular flexibility index (Phi) is 5.23. The van der Waals surface area contributed by atoms with E-state index in [9.17, 15) is 21.6 Å². The summed E-state index contributed by atoms with van der Waals surface area (Å²) in [5.74, 6) is 0.873. The van der Waals surface area contributed by atoms with Crippen LogP contribution in [0.2, 0.25) is 0 Å². The Morgan fingerprint density at radius 2 is 1.86 bits per heavy atom. The normalized spacial score (nSPS) is 34.0. The Morgan fingerprint density at radius 1 is 1.11 bits per heavy atom. The second-order valence-electron chi connectivity index (χ2n) is 8.89. The highest BCUT2D eigenvalue weighted by molar-refractivity contribution is 7.91. The van der Waals surface area contributed by atoms with Crippen LogP contribution in [0.4, 0.5) is 13.2 Å². The molecule has 0 aromatic carbocycles. The van der Waals surface area contributed by atoms with Crippen LogP contribution in [0.5, 0.6) is 0 Å². The molecule has 2 saturated heterocycles. The Hall–Kier alpha value is -1.15. The standard InChI is InChI=1S/C20H27F3N2O2S/c21-20(22,23)16-4-7-18(24-12-16)15-2-5-17(6-3-15)25-10-1-8-19(13-25)9-11-28(26,27)14-19/h4,7,12,15,17H,1-3,5-6,8-11,13-14H2/t15-,17+,19-/m0/s1. The summed E-state index contributed by atoms with van der Waals surface area (Å²) >= 11 is 0. The summed E-state index contributed by atoms with van der Waals surface area (Å²) in [6.45, 7) is 1.90. The maximum Gasteiger partial charge on any atom is 0.417 e. The predicted molar refractivity (Wildman–Crippen MR) is 101 cm³/mol. The molecule has 1 aromatic heterocycles. The molecule has 3 fully saturated rings. The topological polar surface area (TPSA) is 50.3 Å². The van der Waals surface area contributed by atoms with E-state index in [0.717, 1.165) is 76.0 Å². The number of piperidine rings is 1. The molecular formula is C20H27F3N2O2S. The van der Waals surface area contributed by atoms with E-state index in [1.54, 1.807) is 0 Å². The Balaban J connectivity index is 1.35. The van der Waals surface area contributed by atoms with E-state index < -0.39 is 21.6 Å². The van der Waals surface area contributed by atoms with Gasteiger partial charge in [0, 0.05) is 30.4 Å². The lowest BCUT2D eigenvalue weighted by Gasteiger charge is -2.45. The number of halogens is 3. The van der Waals surface area contributed by atoms with Gasteiger partial charge in [-0.05, 0) is 69.0 Å². The highest BCUT2D eigenvalue weighted by Crippen LogP contribution is 2.43. The minimum Gasteiger partial charge on any atom is -0.300 e. The molecule has 3 heterocycles. The summed E-state index contributed by atoms with van der Waals surface area (Å²) in [7, 11) is -2.88. The van der Waals surface area contributed by atoms with E-state index in [-0.39, 0.29) is 11.3 Å². The first-order valence-electron chi connectivity index (χ1n) is 10.1. The smallest absolute Gasteiger partial charge is 0.300 e. The zero-order valence-corrected chi connectivity index (χ0v) is 16.7. The van der Waals surface area contributed by atoms with Crippen molar-refractivity contribution in [3.8, 4) is 0 Å². The third-order valence-electron chi connectivity index (χ3n) is 6.91. The molecule has 0 N–H and O–H groups in total. The van der Waals surface area contributed by atoms with Crippen molar-refractivity contribution in [3.05, 3.63) is 29.6 Å². The zero-order chi connectivity index (χ0) is 20.0. The molecule has 28 heavy (non-hydrogen) atoms. The van der Waals surface area contributed by atoms with Crippen LogP contribution in [0, 0.1) is 5.41 Å². The molecular weight excluding hydrogens is 389 g/mol. The molecule has 4 rings (SSSR count). The molecule has 0 bridgehead atoms. The largest absolute Gasteiger partial charge is 0.417 e. The van der Waals surface area contributed by atoms with Crippen molar-refractivity contribution in [2.75, 3.05) is 24.6 Å². The summed E-state index contributed by atoms with van der Waals surface area (Å²) in [4.78, 5) is 6.57. The second-order valence-corrected chi connectivity index (χ2v) is 11.1. The average molecular weight is 417 g/mol. The average Bonchev–Trinajstić information content (AvgIpc) is 2.95. The van der Waals surface area contributed by atoms with Crippen LogP contribution in [0.25, 0.3) is 0 Å². The Bertz CT molecular complexity index is 802. The van der Waals surface area contributed by atoms with Crippen LogP contribution in [-0.2, 0) is 16.0 Å². The lowest BCUT2D eigenvalue weighted by molar-refractivity contribution is -0.137. The third kappa shape index (κ3) is 4.22. The molecule has 1 aliphatic carbocycles. The minimum absolute atomic E-state index is 0.0527. The minimum atomic E-state index is -4.35. The first-order valence-corrected chi connectivity index (χ1v) is 12.0. The fourth-order valence-electron chi connectivity index (χ4n) is 5.41. The van der Waals surface area contributed by atoms with Gasteiger partial charge in [-0.3, -0.25) is 9.88 Å². The number of sulfone groups is 1. The van der Waals surface area contributed by atoms with Crippen molar-refractivity contribution in [1.82, 2.24) is 9.88 Å². The molecule has 1 aromatic rings. The van der Waals surface area contributed by atoms with Crippen LogP contribution in [0.15, 0.2) is 18.3 Å². The lowest BCUT2D eigenvalue weighted by Crippen LogP contribution is -2.49. The molecule has 1 saturated carbocycles. The van der Waals surface area contributed by atoms with Crippen LogP contribution in [-0.4, -0.2) is 48.9 Å². The Labute approximate surface area is 164 Å². The lowest BCUT2D eigenvalue weighted by atomic mass is 9.77. The summed E-state index contributed by atoms with van der Waals surface area (Å²) in [5.41, 5.74) is 0.00152. The van der Waals surface area contributed by atoms with Gasteiger partial charge in [-0.15, -0.1) is 0 Å². The first-order chi connectivity index (χ1) is 13.2. The highest BCUT2D eigenvalue weighted by atomic mass is 32.2. The van der Waals surface area contributed by atoms with Crippen LogP contribution >= 0.6 is 0 Å². The quantitative estimate of drug-likeness (QED) is 0.731. The van der Waals surface area contributed by atoms with E-state index in [0.29, 0.717) is 17.5 Å². The number of pyridine rings is 1. The van der Waals surface area contributed by atoms with Gasteiger partial charge < -0.3 is 0 Å². The molecule has 8 heteroatoms. The fraction of sp³-hybridized carbons (Fsp3) is 0.750. The molecule has 156 valence electrons. The second kappa shape index (κ2) is 7.27. The van der Waals surface area contributed by atoms with E-state index in [1.165, 1.54) is 6.07 Å². The monoisotopic (exact) mass is 416 g/mol. The van der Waals surface area contributed by atoms with E-state index >= 15 is 0 Å². The van der Waals surface area contributed by atoms with Crippen molar-refractivity contribution < 1.29 is 21.6 Å². The highest BCUT2D eigenvalue weighted by Gasteiger charge is 2.46. The molecule has 0 amide bonds. The molecule has 0 radical (unpaired) electrons. The van der Waals surface area contributed by atoms with Gasteiger partial charge in [0.05, 0.1) is 17.1 Å². The van der Waals surface area contributed by atoms with Crippen LogP contribution in [0.1, 0.15) is 62.1 Å². The number of likely N-dealkylation sites (tertiary alicyclic amines) is 1. The van der Waals surface area contributed by atoms with Gasteiger partial charge >= 0.3 is 6.18 Å². The predicted octanol–water partition coefficient (Wildman–Crippen LogP) is 4.03. The maximum absolute atomic E-state index is 12.7. The van der Waals surface area contributed by atoms with Crippen molar-refractivity contribution in [1.29, 1.82) is 0 Å². The number of nitrogens with zero attached hydrogens (tertiary/aromatic N) is 2.